The minimum absolute atomic E-state index is 0.0471. The molecule has 1 aliphatic rings. The molecule has 0 saturated carbocycles. The van der Waals surface area contributed by atoms with Gasteiger partial charge in [-0.1, -0.05) is 41.9 Å². The van der Waals surface area contributed by atoms with Crippen molar-refractivity contribution in [3.05, 3.63) is 65.2 Å². The summed E-state index contributed by atoms with van der Waals surface area (Å²) in [6, 6.07) is 17.7. The number of carbonyl (C=O) groups is 1. The second kappa shape index (κ2) is 10.5. The topological polar surface area (TPSA) is 79.2 Å². The maximum atomic E-state index is 12.2. The van der Waals surface area contributed by atoms with E-state index in [0.717, 1.165) is 44.8 Å². The summed E-state index contributed by atoms with van der Waals surface area (Å²) in [5.41, 5.74) is 2.16. The molecule has 3 aromatic rings. The van der Waals surface area contributed by atoms with Gasteiger partial charge in [0.15, 0.2) is 0 Å². The van der Waals surface area contributed by atoms with Crippen molar-refractivity contribution in [3.8, 4) is 11.4 Å². The van der Waals surface area contributed by atoms with Crippen LogP contribution in [0, 0.1) is 0 Å². The van der Waals surface area contributed by atoms with E-state index in [4.69, 9.17) is 11.6 Å². The van der Waals surface area contributed by atoms with E-state index in [0.29, 0.717) is 17.4 Å². The summed E-state index contributed by atoms with van der Waals surface area (Å²) in [5, 5.41) is 15.8. The maximum Gasteiger partial charge on any atom is 0.243 e. The molecule has 1 aromatic heterocycles. The van der Waals surface area contributed by atoms with E-state index in [9.17, 15) is 4.79 Å². The third kappa shape index (κ3) is 6.33. The molecule has 1 amide bonds. The number of benzene rings is 2. The Labute approximate surface area is 186 Å². The molecule has 0 atom stereocenters. The Morgan fingerprint density at radius 2 is 1.68 bits per heavy atom. The number of amides is 1. The van der Waals surface area contributed by atoms with Crippen LogP contribution in [0.2, 0.25) is 5.02 Å². The van der Waals surface area contributed by atoms with Crippen LogP contribution < -0.4 is 5.32 Å². The highest BCUT2D eigenvalue weighted by Gasteiger charge is 2.17. The van der Waals surface area contributed by atoms with E-state index >= 15 is 0 Å². The average molecular weight is 440 g/mol. The third-order valence-corrected chi connectivity index (χ3v) is 5.56. The molecule has 1 aliphatic heterocycles. The molecule has 4 rings (SSSR count). The first-order valence-electron chi connectivity index (χ1n) is 10.4. The number of halogens is 1. The van der Waals surface area contributed by atoms with Gasteiger partial charge >= 0.3 is 0 Å². The standard InChI is InChI=1S/C22H26ClN7O/c23-20-8-6-19(7-9-20)22-25-27-30(26-22)17-21(31)24-10-11-28-12-14-29(15-13-28)16-18-4-2-1-3-5-18/h1-9H,10-17H2,(H,24,31). The molecular weight excluding hydrogens is 414 g/mol. The van der Waals surface area contributed by atoms with E-state index in [1.165, 1.54) is 10.4 Å². The molecule has 0 aliphatic carbocycles. The normalized spacial score (nSPS) is 15.1. The predicted molar refractivity (Wildman–Crippen MR) is 119 cm³/mol. The van der Waals surface area contributed by atoms with Crippen LogP contribution in [0.25, 0.3) is 11.4 Å². The number of hydrogen-bond donors (Lipinski definition) is 1. The SMILES string of the molecule is O=C(Cn1nnc(-c2ccc(Cl)cc2)n1)NCCN1CCN(Cc2ccccc2)CC1. The minimum atomic E-state index is -0.122. The van der Waals surface area contributed by atoms with Crippen LogP contribution in [0.4, 0.5) is 0 Å². The van der Waals surface area contributed by atoms with Crippen LogP contribution in [0.1, 0.15) is 5.56 Å². The number of aromatic nitrogens is 4. The highest BCUT2D eigenvalue weighted by Crippen LogP contribution is 2.16. The van der Waals surface area contributed by atoms with E-state index < -0.39 is 0 Å². The lowest BCUT2D eigenvalue weighted by molar-refractivity contribution is -0.122. The summed E-state index contributed by atoms with van der Waals surface area (Å²) >= 11 is 5.90. The summed E-state index contributed by atoms with van der Waals surface area (Å²) in [6.45, 7) is 6.59. The molecule has 0 spiro atoms. The lowest BCUT2D eigenvalue weighted by Gasteiger charge is -2.34. The van der Waals surface area contributed by atoms with Gasteiger partial charge in [0, 0.05) is 56.4 Å². The van der Waals surface area contributed by atoms with E-state index in [-0.39, 0.29) is 12.5 Å². The number of rotatable bonds is 8. The minimum Gasteiger partial charge on any atom is -0.353 e. The zero-order valence-corrected chi connectivity index (χ0v) is 18.1. The summed E-state index contributed by atoms with van der Waals surface area (Å²) in [7, 11) is 0. The van der Waals surface area contributed by atoms with Crippen LogP contribution in [-0.2, 0) is 17.9 Å². The van der Waals surface area contributed by atoms with Crippen molar-refractivity contribution < 1.29 is 4.79 Å². The van der Waals surface area contributed by atoms with Gasteiger partial charge in [-0.05, 0) is 35.0 Å². The molecule has 2 aromatic carbocycles. The van der Waals surface area contributed by atoms with Crippen molar-refractivity contribution in [2.45, 2.75) is 13.1 Å². The monoisotopic (exact) mass is 439 g/mol. The van der Waals surface area contributed by atoms with Gasteiger partial charge in [-0.3, -0.25) is 14.6 Å². The summed E-state index contributed by atoms with van der Waals surface area (Å²) < 4.78 is 0. The Morgan fingerprint density at radius 1 is 0.968 bits per heavy atom. The van der Waals surface area contributed by atoms with Gasteiger partial charge < -0.3 is 5.32 Å². The van der Waals surface area contributed by atoms with Crippen molar-refractivity contribution in [3.63, 3.8) is 0 Å². The summed E-state index contributed by atoms with van der Waals surface area (Å²) in [5.74, 6) is 0.348. The van der Waals surface area contributed by atoms with Crippen molar-refractivity contribution >= 4 is 17.5 Å². The average Bonchev–Trinajstić information content (AvgIpc) is 3.24. The lowest BCUT2D eigenvalue weighted by atomic mass is 10.2. The van der Waals surface area contributed by atoms with Gasteiger partial charge in [0.05, 0.1) is 0 Å². The van der Waals surface area contributed by atoms with Crippen LogP contribution in [-0.4, -0.2) is 75.2 Å². The lowest BCUT2D eigenvalue weighted by Crippen LogP contribution is -2.48. The van der Waals surface area contributed by atoms with Crippen molar-refractivity contribution in [2.75, 3.05) is 39.3 Å². The fraction of sp³-hybridized carbons (Fsp3) is 0.364. The third-order valence-electron chi connectivity index (χ3n) is 5.30. The molecule has 9 heteroatoms. The van der Waals surface area contributed by atoms with Gasteiger partial charge in [0.2, 0.25) is 11.7 Å². The van der Waals surface area contributed by atoms with Crippen molar-refractivity contribution in [1.29, 1.82) is 0 Å². The van der Waals surface area contributed by atoms with Crippen molar-refractivity contribution in [1.82, 2.24) is 35.3 Å². The number of nitrogens with zero attached hydrogens (tertiary/aromatic N) is 6. The zero-order valence-electron chi connectivity index (χ0n) is 17.3. The molecule has 31 heavy (non-hydrogen) atoms. The number of piperazine rings is 1. The number of nitrogens with one attached hydrogen (secondary N) is 1. The van der Waals surface area contributed by atoms with E-state index in [2.05, 4.69) is 54.8 Å². The largest absolute Gasteiger partial charge is 0.353 e. The molecule has 8 nitrogen and oxygen atoms in total. The Balaban J connectivity index is 1.15. The van der Waals surface area contributed by atoms with Gasteiger partial charge in [0.25, 0.3) is 0 Å². The Morgan fingerprint density at radius 3 is 2.42 bits per heavy atom. The first-order chi connectivity index (χ1) is 15.2. The molecule has 0 unspecified atom stereocenters. The van der Waals surface area contributed by atoms with E-state index in [1.54, 1.807) is 12.1 Å². The molecule has 1 saturated heterocycles. The number of hydrogen-bond acceptors (Lipinski definition) is 6. The number of carbonyl (C=O) groups excluding carboxylic acids is 1. The molecule has 2 heterocycles. The smallest absolute Gasteiger partial charge is 0.243 e. The first-order valence-corrected chi connectivity index (χ1v) is 10.8. The highest BCUT2D eigenvalue weighted by molar-refractivity contribution is 6.30. The molecule has 1 fully saturated rings. The zero-order chi connectivity index (χ0) is 21.5. The second-order valence-corrected chi connectivity index (χ2v) is 8.04. The Hall–Kier alpha value is -2.81. The van der Waals surface area contributed by atoms with Crippen LogP contribution >= 0.6 is 11.6 Å². The summed E-state index contributed by atoms with van der Waals surface area (Å²) in [6.07, 6.45) is 0. The molecule has 1 N–H and O–H groups in total. The molecule has 0 radical (unpaired) electrons. The highest BCUT2D eigenvalue weighted by atomic mass is 35.5. The van der Waals surface area contributed by atoms with Crippen LogP contribution in [0.5, 0.6) is 0 Å². The van der Waals surface area contributed by atoms with Gasteiger partial charge in [0.1, 0.15) is 6.54 Å². The van der Waals surface area contributed by atoms with Crippen molar-refractivity contribution in [2.24, 2.45) is 0 Å². The molecule has 0 bridgehead atoms. The molecule has 162 valence electrons. The van der Waals surface area contributed by atoms with Crippen LogP contribution in [0.3, 0.4) is 0 Å². The predicted octanol–water partition coefficient (Wildman–Crippen LogP) is 1.93. The van der Waals surface area contributed by atoms with Gasteiger partial charge in [-0.2, -0.15) is 4.80 Å². The Kier molecular flexibility index (Phi) is 7.24. The molecular formula is C22H26ClN7O. The fourth-order valence-electron chi connectivity index (χ4n) is 3.58. The summed E-state index contributed by atoms with van der Waals surface area (Å²) in [4.78, 5) is 18.4. The second-order valence-electron chi connectivity index (χ2n) is 7.60. The quantitative estimate of drug-likeness (QED) is 0.577. The number of tetrazole rings is 1. The fourth-order valence-corrected chi connectivity index (χ4v) is 3.70. The van der Waals surface area contributed by atoms with Crippen LogP contribution in [0.15, 0.2) is 54.6 Å². The van der Waals surface area contributed by atoms with Gasteiger partial charge in [-0.25, -0.2) is 0 Å². The maximum absolute atomic E-state index is 12.2. The Bertz CT molecular complexity index is 969. The van der Waals surface area contributed by atoms with Gasteiger partial charge in [-0.15, -0.1) is 10.2 Å². The van der Waals surface area contributed by atoms with E-state index in [1.807, 2.05) is 18.2 Å². The first kappa shape index (κ1) is 21.4.